The minimum Gasteiger partial charge on any atom is -0.661 e. The van der Waals surface area contributed by atoms with Crippen molar-refractivity contribution in [1.29, 1.82) is 0 Å². The monoisotopic (exact) mass is 939 g/mol. The Morgan fingerprint density at radius 1 is 0.891 bits per heavy atom. The topological polar surface area (TPSA) is 43.1 Å². The molecule has 0 amide bonds. The first kappa shape index (κ1) is 37.1. The molecule has 1 unspecified atom stereocenters. The van der Waals surface area contributed by atoms with Gasteiger partial charge in [0, 0.05) is 25.6 Å². The third-order valence-electron chi connectivity index (χ3n) is 9.76. The van der Waals surface area contributed by atoms with Crippen LogP contribution in [0.15, 0.2) is 121 Å². The van der Waals surface area contributed by atoms with E-state index in [4.69, 9.17) is 6.69 Å². The summed E-state index contributed by atoms with van der Waals surface area (Å²) in [4.78, 5) is 11.7. The van der Waals surface area contributed by atoms with E-state index in [0.29, 0.717) is 4.83 Å². The van der Waals surface area contributed by atoms with Gasteiger partial charge in [-0.15, -0.1) is 46.5 Å². The van der Waals surface area contributed by atoms with E-state index >= 15 is 0 Å². The Hall–Kier alpha value is -4.79. The molecule has 4 heterocycles. The number of thiophene rings is 1. The number of hydrogen-bond acceptors (Lipinski definition) is 4. The summed E-state index contributed by atoms with van der Waals surface area (Å²) in [7, 11) is -1.57. The first-order valence-corrected chi connectivity index (χ1v) is 22.3. The second-order valence-corrected chi connectivity index (χ2v) is 20.9. The molecule has 8 aromatic rings. The van der Waals surface area contributed by atoms with Crippen LogP contribution in [0.3, 0.4) is 0 Å². The molecule has 0 saturated heterocycles. The van der Waals surface area contributed by atoms with Crippen LogP contribution < -0.4 is 10.1 Å². The fourth-order valence-corrected chi connectivity index (χ4v) is 9.80. The molecule has 1 aliphatic rings. The predicted molar refractivity (Wildman–Crippen MR) is 224 cm³/mol. The zero-order valence-electron chi connectivity index (χ0n) is 32.1. The predicted octanol–water partition coefficient (Wildman–Crippen LogP) is 12.6. The van der Waals surface area contributed by atoms with Crippen LogP contribution in [0.25, 0.3) is 47.6 Å². The molecule has 0 bridgehead atoms. The van der Waals surface area contributed by atoms with Crippen molar-refractivity contribution in [3.8, 4) is 11.3 Å². The van der Waals surface area contributed by atoms with Gasteiger partial charge in [0.2, 0.25) is 5.95 Å². The van der Waals surface area contributed by atoms with Gasteiger partial charge in [0.1, 0.15) is 4.83 Å². The molecule has 9 heteroatoms. The average molecular weight is 939 g/mol. The van der Waals surface area contributed by atoms with Gasteiger partial charge in [0.25, 0.3) is 0 Å². The van der Waals surface area contributed by atoms with Gasteiger partial charge in [-0.05, 0) is 62.9 Å². The summed E-state index contributed by atoms with van der Waals surface area (Å²) >= 11 is 1.51. The third-order valence-corrected chi connectivity index (χ3v) is 12.9. The first-order chi connectivity index (χ1) is 26.3. The van der Waals surface area contributed by atoms with E-state index < -0.39 is 19.9 Å². The Morgan fingerprint density at radius 2 is 1.64 bits per heavy atom. The molecular formula is C46H39F2IrN4SSi. The number of hydrogen-bond donors (Lipinski definition) is 0. The Balaban J connectivity index is 0.000000190. The number of aromatic nitrogens is 2. The minimum absolute atomic E-state index is 0. The van der Waals surface area contributed by atoms with Gasteiger partial charge in [-0.1, -0.05) is 110 Å². The number of rotatable bonds is 6. The van der Waals surface area contributed by atoms with E-state index in [0.717, 1.165) is 55.8 Å². The number of anilines is 1. The van der Waals surface area contributed by atoms with E-state index in [1.54, 1.807) is 6.07 Å². The fraction of sp³-hybridized carbons (Fsp3) is 0.174. The van der Waals surface area contributed by atoms with E-state index in [1.165, 1.54) is 51.1 Å². The van der Waals surface area contributed by atoms with E-state index in [9.17, 15) is 8.78 Å². The third kappa shape index (κ3) is 7.85. The number of pyridine rings is 2. The summed E-state index contributed by atoms with van der Waals surface area (Å²) in [5.74, 6) is -1.45. The number of nitrogens with zero attached hydrogens (tertiary/aromatic N) is 4. The Kier molecular flexibility index (Phi) is 10.6. The number of halogens is 2. The molecule has 276 valence electrons. The average Bonchev–Trinajstić information content (AvgIpc) is 3.71. The fourth-order valence-electron chi connectivity index (χ4n) is 7.05. The van der Waals surface area contributed by atoms with E-state index in [1.807, 2.05) is 50.4 Å². The molecule has 0 N–H and O–H groups in total. The van der Waals surface area contributed by atoms with Crippen molar-refractivity contribution in [2.45, 2.75) is 52.1 Å². The van der Waals surface area contributed by atoms with E-state index in [2.05, 4.69) is 107 Å². The second kappa shape index (κ2) is 15.8. The van der Waals surface area contributed by atoms with Crippen molar-refractivity contribution in [3.63, 3.8) is 0 Å². The van der Waals surface area contributed by atoms with Crippen LogP contribution in [0.1, 0.15) is 44.0 Å². The largest absolute Gasteiger partial charge is 3.00 e. The van der Waals surface area contributed by atoms with Gasteiger partial charge in [-0.25, -0.2) is 4.98 Å². The molecule has 3 aromatic heterocycles. The van der Waals surface area contributed by atoms with Crippen LogP contribution in [-0.4, -0.2) is 18.0 Å². The molecule has 1 aliphatic heterocycles. The molecule has 0 aliphatic carbocycles. The molecule has 55 heavy (non-hydrogen) atoms. The smallest absolute Gasteiger partial charge is 0.661 e. The van der Waals surface area contributed by atoms with Crippen molar-refractivity contribution >= 4 is 67.0 Å². The van der Waals surface area contributed by atoms with Crippen molar-refractivity contribution < 1.29 is 30.3 Å². The Morgan fingerprint density at radius 3 is 2.35 bits per heavy atom. The van der Waals surface area contributed by atoms with Crippen molar-refractivity contribution in [2.24, 2.45) is 0 Å². The van der Waals surface area contributed by atoms with Crippen LogP contribution in [0.2, 0.25) is 19.6 Å². The van der Waals surface area contributed by atoms with Gasteiger partial charge in [0.05, 0.1) is 8.07 Å². The normalized spacial score (nSPS) is 14.2. The molecule has 9 rings (SSSR count). The Labute approximate surface area is 341 Å². The zero-order chi connectivity index (χ0) is 38.5. The Bertz CT molecular complexity index is 2680. The molecular weight excluding hydrogens is 899 g/mol. The maximum atomic E-state index is 13.8. The van der Waals surface area contributed by atoms with Crippen LogP contribution >= 0.6 is 11.3 Å². The quantitative estimate of drug-likeness (QED) is 0.0948. The second-order valence-electron chi connectivity index (χ2n) is 14.8. The zero-order valence-corrected chi connectivity index (χ0v) is 35.3. The summed E-state index contributed by atoms with van der Waals surface area (Å²) in [5, 5.41) is 10.8. The summed E-state index contributed by atoms with van der Waals surface area (Å²) in [6.07, 6.45) is 1.67. The van der Waals surface area contributed by atoms with Gasteiger partial charge >= 0.3 is 20.1 Å². The van der Waals surface area contributed by atoms with Crippen molar-refractivity contribution in [2.75, 3.05) is 4.90 Å². The summed E-state index contributed by atoms with van der Waals surface area (Å²) in [6.45, 7) is 11.3. The standard InChI is InChI=1S/C29H18FN3S.C17H21FNSi.Ir/c30-26-14-13-22-21-11-6-12-23(27(21)34-29(22)32-26)28-31-24-15-19-9-4-5-10-20(19)16-25(24)33(28)17-18-7-2-1-3-8-18;1-12(2)15-10-16(13-6-8-14(18)9-7-13)19-11-17(15)20(3,4)5;/h1-11,13-16,28H,17H2;6,8-12H,1-5H3;/q-2;-1;+3/i;12D;. The maximum absolute atomic E-state index is 13.8. The van der Waals surface area contributed by atoms with Crippen LogP contribution in [0.5, 0.6) is 0 Å². The number of benzene rings is 5. The van der Waals surface area contributed by atoms with Crippen molar-refractivity contribution in [1.82, 2.24) is 9.97 Å². The summed E-state index contributed by atoms with van der Waals surface area (Å²) in [5.41, 5.74) is 6.81. The minimum atomic E-state index is -1.57. The summed E-state index contributed by atoms with van der Waals surface area (Å²) in [6, 6.07) is 43.2. The van der Waals surface area contributed by atoms with Gasteiger partial charge in [-0.3, -0.25) is 4.39 Å². The van der Waals surface area contributed by atoms with Gasteiger partial charge < -0.3 is 15.2 Å². The van der Waals surface area contributed by atoms with Gasteiger partial charge in [-0.2, -0.15) is 33.9 Å². The molecule has 0 fully saturated rings. The maximum Gasteiger partial charge on any atom is 3.00 e. The SMILES string of the molecule is Fc1ccc2c(n1)sc1c(C3[N-]c4cc5ccccc5cc4N3Cc3ccccc3)[c-]ccc12.[2H]C(C)(C)c1cc(-c2[c-]cc(F)cc2)ncc1[Si](C)(C)C.[Ir+3]. The molecule has 0 radical (unpaired) electrons. The summed E-state index contributed by atoms with van der Waals surface area (Å²) < 4.78 is 36.3. The number of fused-ring (bicyclic) bond motifs is 5. The van der Waals surface area contributed by atoms with Crippen LogP contribution in [0, 0.1) is 23.9 Å². The first-order valence-electron chi connectivity index (χ1n) is 18.5. The molecule has 0 spiro atoms. The van der Waals surface area contributed by atoms with Crippen LogP contribution in [-0.2, 0) is 26.7 Å². The van der Waals surface area contributed by atoms with Crippen molar-refractivity contribution in [3.05, 3.63) is 167 Å². The molecule has 0 saturated carbocycles. The molecule has 5 aromatic carbocycles. The van der Waals surface area contributed by atoms with Gasteiger partial charge in [0.15, 0.2) is 0 Å². The van der Waals surface area contributed by atoms with E-state index in [-0.39, 0.29) is 32.1 Å². The molecule has 4 nitrogen and oxygen atoms in total. The van der Waals surface area contributed by atoms with Crippen LogP contribution in [0.4, 0.5) is 20.2 Å². The molecule has 1 atom stereocenters.